The number of hydrogen-bond acceptors (Lipinski definition) is 5. The number of likely N-dealkylation sites (tertiary alicyclic amines) is 1. The highest BCUT2D eigenvalue weighted by atomic mass is 16.5. The van der Waals surface area contributed by atoms with Gasteiger partial charge in [0.25, 0.3) is 0 Å². The summed E-state index contributed by atoms with van der Waals surface area (Å²) < 4.78 is 8.37. The van der Waals surface area contributed by atoms with Gasteiger partial charge in [-0.3, -0.25) is 4.40 Å². The molecule has 0 amide bonds. The van der Waals surface area contributed by atoms with Gasteiger partial charge in [0.2, 0.25) is 5.88 Å². The molecule has 178 valence electrons. The van der Waals surface area contributed by atoms with Gasteiger partial charge in [0.15, 0.2) is 5.69 Å². The summed E-state index contributed by atoms with van der Waals surface area (Å²) in [6, 6.07) is 13.5. The normalized spacial score (nSPS) is 16.3. The van der Waals surface area contributed by atoms with Crippen LogP contribution in [0, 0.1) is 19.4 Å². The Morgan fingerprint density at radius 3 is 2.69 bits per heavy atom. The fraction of sp³-hybridized carbons (Fsp3) is 0.321. The Kier molecular flexibility index (Phi) is 6.49. The summed E-state index contributed by atoms with van der Waals surface area (Å²) in [4.78, 5) is 15.3. The minimum Gasteiger partial charge on any atom is -0.476 e. The predicted octanol–water partition coefficient (Wildman–Crippen LogP) is 5.14. The standard InChI is InChI=1S/C28H29N5O2/c1-19-13-22(6-7-23(19)16-34)27-26(21-8-10-24(29-2)11-9-21)31-28(25-14-30-18-33(25)27)35-17-20-5-4-12-32(3)15-20/h6-11,13-14,18,20,34H,4-5,12,15-17H2,1,3H3/t20-/m1/s1. The first-order valence-corrected chi connectivity index (χ1v) is 11.9. The van der Waals surface area contributed by atoms with E-state index in [9.17, 15) is 5.11 Å². The Morgan fingerprint density at radius 1 is 1.17 bits per heavy atom. The number of imidazole rings is 1. The summed E-state index contributed by atoms with van der Waals surface area (Å²) >= 11 is 0. The number of aromatic nitrogens is 3. The third-order valence-corrected chi connectivity index (χ3v) is 6.77. The quantitative estimate of drug-likeness (QED) is 0.398. The Morgan fingerprint density at radius 2 is 1.97 bits per heavy atom. The Balaban J connectivity index is 1.63. The number of nitrogens with zero attached hydrogens (tertiary/aromatic N) is 5. The van der Waals surface area contributed by atoms with Crippen molar-refractivity contribution >= 4 is 11.2 Å². The summed E-state index contributed by atoms with van der Waals surface area (Å²) in [6.45, 7) is 12.1. The first-order valence-electron chi connectivity index (χ1n) is 11.9. The molecule has 2 aromatic carbocycles. The molecule has 0 radical (unpaired) electrons. The van der Waals surface area contributed by atoms with E-state index >= 15 is 0 Å². The van der Waals surface area contributed by atoms with Crippen LogP contribution in [-0.2, 0) is 6.61 Å². The Labute approximate surface area is 205 Å². The van der Waals surface area contributed by atoms with E-state index in [2.05, 4.69) is 27.8 Å². The molecule has 5 rings (SSSR count). The van der Waals surface area contributed by atoms with Gasteiger partial charge in [-0.15, -0.1) is 0 Å². The van der Waals surface area contributed by atoms with Crippen LogP contribution in [0.2, 0.25) is 0 Å². The molecule has 0 saturated carbocycles. The second-order valence-electron chi connectivity index (χ2n) is 9.30. The molecule has 1 atom stereocenters. The number of hydrogen-bond donors (Lipinski definition) is 1. The molecule has 2 aromatic heterocycles. The van der Waals surface area contributed by atoms with Crippen LogP contribution < -0.4 is 4.74 Å². The number of benzene rings is 2. The van der Waals surface area contributed by atoms with Crippen LogP contribution in [0.4, 0.5) is 5.69 Å². The van der Waals surface area contributed by atoms with Gasteiger partial charge in [-0.05, 0) is 56.1 Å². The molecule has 1 aliphatic rings. The van der Waals surface area contributed by atoms with Gasteiger partial charge in [0, 0.05) is 18.0 Å². The largest absolute Gasteiger partial charge is 0.476 e. The number of ether oxygens (including phenoxy) is 1. The van der Waals surface area contributed by atoms with Crippen molar-refractivity contribution in [1.82, 2.24) is 19.3 Å². The van der Waals surface area contributed by atoms with Crippen molar-refractivity contribution in [2.75, 3.05) is 26.7 Å². The summed E-state index contributed by atoms with van der Waals surface area (Å²) in [7, 11) is 2.16. The molecule has 3 heterocycles. The van der Waals surface area contributed by atoms with Crippen molar-refractivity contribution in [2.45, 2.75) is 26.4 Å². The summed E-state index contributed by atoms with van der Waals surface area (Å²) in [5.41, 5.74) is 6.83. The van der Waals surface area contributed by atoms with Gasteiger partial charge < -0.3 is 14.7 Å². The highest BCUT2D eigenvalue weighted by molar-refractivity contribution is 5.83. The lowest BCUT2D eigenvalue weighted by Gasteiger charge is -2.29. The fourth-order valence-corrected chi connectivity index (χ4v) is 4.86. The van der Waals surface area contributed by atoms with E-state index in [1.54, 1.807) is 12.5 Å². The SMILES string of the molecule is [C-]#[N+]c1ccc(-c2nc(OC[C@@H]3CCCN(C)C3)c3cncn3c2-c2ccc(CO)c(C)c2)cc1. The molecule has 1 fully saturated rings. The summed E-state index contributed by atoms with van der Waals surface area (Å²) in [5, 5.41) is 9.65. The lowest BCUT2D eigenvalue weighted by Crippen LogP contribution is -2.34. The van der Waals surface area contributed by atoms with Crippen LogP contribution in [0.15, 0.2) is 55.0 Å². The smallest absolute Gasteiger partial charge is 0.240 e. The van der Waals surface area contributed by atoms with Gasteiger partial charge in [-0.2, -0.15) is 0 Å². The zero-order chi connectivity index (χ0) is 24.4. The third kappa shape index (κ3) is 4.63. The zero-order valence-corrected chi connectivity index (χ0v) is 20.1. The number of aliphatic hydroxyl groups is 1. The lowest BCUT2D eigenvalue weighted by molar-refractivity contribution is 0.148. The van der Waals surface area contributed by atoms with Gasteiger partial charge >= 0.3 is 0 Å². The van der Waals surface area contributed by atoms with E-state index in [0.29, 0.717) is 24.1 Å². The molecule has 0 unspecified atom stereocenters. The second kappa shape index (κ2) is 9.87. The fourth-order valence-electron chi connectivity index (χ4n) is 4.86. The molecule has 1 saturated heterocycles. The maximum Gasteiger partial charge on any atom is 0.240 e. The van der Waals surface area contributed by atoms with Crippen molar-refractivity contribution in [3.63, 3.8) is 0 Å². The second-order valence-corrected chi connectivity index (χ2v) is 9.30. The number of aliphatic hydroxyl groups excluding tert-OH is 1. The average molecular weight is 468 g/mol. The Bertz CT molecular complexity index is 1390. The number of aryl methyl sites for hydroxylation is 1. The van der Waals surface area contributed by atoms with Crippen LogP contribution in [-0.4, -0.2) is 51.1 Å². The van der Waals surface area contributed by atoms with E-state index in [-0.39, 0.29) is 6.61 Å². The monoisotopic (exact) mass is 467 g/mol. The van der Waals surface area contributed by atoms with Gasteiger partial charge in [0.05, 0.1) is 43.7 Å². The minimum absolute atomic E-state index is 0.00107. The van der Waals surface area contributed by atoms with E-state index in [0.717, 1.165) is 58.7 Å². The van der Waals surface area contributed by atoms with E-state index in [4.69, 9.17) is 16.3 Å². The van der Waals surface area contributed by atoms with E-state index in [1.165, 1.54) is 6.42 Å². The summed E-state index contributed by atoms with van der Waals surface area (Å²) in [6.07, 6.45) is 5.92. The van der Waals surface area contributed by atoms with Crippen molar-refractivity contribution in [3.8, 4) is 28.4 Å². The first kappa shape index (κ1) is 23.0. The molecule has 1 N–H and O–H groups in total. The zero-order valence-electron chi connectivity index (χ0n) is 20.1. The maximum absolute atomic E-state index is 9.65. The van der Waals surface area contributed by atoms with Crippen molar-refractivity contribution in [3.05, 3.63) is 77.5 Å². The van der Waals surface area contributed by atoms with Crippen LogP contribution in [0.1, 0.15) is 24.0 Å². The minimum atomic E-state index is -0.00107. The lowest BCUT2D eigenvalue weighted by atomic mass is 9.99. The average Bonchev–Trinajstić information content (AvgIpc) is 3.37. The molecule has 7 nitrogen and oxygen atoms in total. The van der Waals surface area contributed by atoms with Gasteiger partial charge in [-0.25, -0.2) is 14.8 Å². The van der Waals surface area contributed by atoms with Crippen LogP contribution in [0.25, 0.3) is 32.9 Å². The van der Waals surface area contributed by atoms with E-state index in [1.807, 2.05) is 47.7 Å². The summed E-state index contributed by atoms with van der Waals surface area (Å²) in [5.74, 6) is 1.03. The molecule has 1 aliphatic heterocycles. The predicted molar refractivity (Wildman–Crippen MR) is 136 cm³/mol. The van der Waals surface area contributed by atoms with Gasteiger partial charge in [0.1, 0.15) is 5.52 Å². The molecular weight excluding hydrogens is 438 g/mol. The number of rotatable bonds is 6. The topological polar surface area (TPSA) is 67.2 Å². The van der Waals surface area contributed by atoms with Gasteiger partial charge in [-0.1, -0.05) is 36.4 Å². The molecule has 4 aromatic rings. The van der Waals surface area contributed by atoms with E-state index < -0.39 is 0 Å². The molecule has 0 bridgehead atoms. The Hall–Kier alpha value is -3.73. The molecule has 35 heavy (non-hydrogen) atoms. The van der Waals surface area contributed by atoms with Crippen LogP contribution in [0.3, 0.4) is 0 Å². The molecule has 0 spiro atoms. The molecule has 7 heteroatoms. The first-order chi connectivity index (χ1) is 17.1. The van der Waals surface area contributed by atoms with Crippen molar-refractivity contribution < 1.29 is 9.84 Å². The molecular formula is C28H29N5O2. The number of fused-ring (bicyclic) bond motifs is 1. The molecule has 0 aliphatic carbocycles. The van der Waals surface area contributed by atoms with Crippen molar-refractivity contribution in [1.29, 1.82) is 0 Å². The number of piperidine rings is 1. The van der Waals surface area contributed by atoms with Crippen molar-refractivity contribution in [2.24, 2.45) is 5.92 Å². The third-order valence-electron chi connectivity index (χ3n) is 6.77. The highest BCUT2D eigenvalue weighted by Crippen LogP contribution is 2.36. The maximum atomic E-state index is 9.65. The highest BCUT2D eigenvalue weighted by Gasteiger charge is 2.22. The van der Waals surface area contributed by atoms with Crippen LogP contribution in [0.5, 0.6) is 5.88 Å². The van der Waals surface area contributed by atoms with Crippen LogP contribution >= 0.6 is 0 Å².